The van der Waals surface area contributed by atoms with Gasteiger partial charge < -0.3 is 15.6 Å². The molecule has 1 rings (SSSR count). The highest BCUT2D eigenvalue weighted by Crippen LogP contribution is 2.07. The van der Waals surface area contributed by atoms with E-state index >= 15 is 0 Å². The molecule has 0 fully saturated rings. The Bertz CT molecular complexity index is 362. The van der Waals surface area contributed by atoms with Crippen LogP contribution in [0.2, 0.25) is 0 Å². The van der Waals surface area contributed by atoms with Crippen LogP contribution in [-0.2, 0) is 0 Å². The molecule has 0 bridgehead atoms. The number of aromatic nitrogens is 1. The van der Waals surface area contributed by atoms with Crippen molar-refractivity contribution in [1.82, 2.24) is 4.98 Å². The van der Waals surface area contributed by atoms with Gasteiger partial charge in [-0.05, 0) is 5.92 Å². The van der Waals surface area contributed by atoms with E-state index in [2.05, 4.69) is 16.8 Å². The van der Waals surface area contributed by atoms with Gasteiger partial charge >= 0.3 is 0 Å². The quantitative estimate of drug-likeness (QED) is 0.627. The van der Waals surface area contributed by atoms with Crippen molar-refractivity contribution in [1.29, 1.82) is 0 Å². The minimum atomic E-state index is -1.27. The molecule has 0 saturated carbocycles. The molecule has 0 saturated heterocycles. The number of carbonyl (C=O) groups excluding carboxylic acids is 1. The highest BCUT2D eigenvalue weighted by Gasteiger charge is 1.98. The second-order valence-corrected chi connectivity index (χ2v) is 3.02. The summed E-state index contributed by atoms with van der Waals surface area (Å²) in [7, 11) is 0. The van der Waals surface area contributed by atoms with Gasteiger partial charge in [0.05, 0.1) is 0 Å². The van der Waals surface area contributed by atoms with Crippen LogP contribution in [0, 0.1) is 11.8 Å². The molecule has 0 spiro atoms. The zero-order valence-corrected chi connectivity index (χ0v) is 7.56. The van der Waals surface area contributed by atoms with Gasteiger partial charge in [0.15, 0.2) is 0 Å². The number of carboxylic acids is 1. The van der Waals surface area contributed by atoms with Gasteiger partial charge in [0.1, 0.15) is 16.7 Å². The predicted octanol–water partition coefficient (Wildman–Crippen LogP) is -0.793. The lowest BCUT2D eigenvalue weighted by Gasteiger charge is -1.90. The van der Waals surface area contributed by atoms with Crippen LogP contribution < -0.4 is 10.8 Å². The number of hydrogen-bond donors (Lipinski definition) is 1. The van der Waals surface area contributed by atoms with E-state index < -0.39 is 5.97 Å². The zero-order chi connectivity index (χ0) is 9.68. The Balaban J connectivity index is 2.71. The number of aromatic carboxylic acids is 1. The van der Waals surface area contributed by atoms with Crippen LogP contribution in [0.3, 0.4) is 0 Å². The number of hydrogen-bond acceptors (Lipinski definition) is 5. The molecule has 0 amide bonds. The summed E-state index contributed by atoms with van der Waals surface area (Å²) in [5.41, 5.74) is 5.68. The highest BCUT2D eigenvalue weighted by molar-refractivity contribution is 7.11. The number of carboxylic acid groups (broad SMARTS) is 1. The van der Waals surface area contributed by atoms with Gasteiger partial charge in [-0.15, -0.1) is 11.3 Å². The Labute approximate surface area is 79.4 Å². The van der Waals surface area contributed by atoms with Crippen molar-refractivity contribution in [2.75, 3.05) is 6.54 Å². The molecule has 0 atom stereocenters. The lowest BCUT2D eigenvalue weighted by Crippen LogP contribution is -2.21. The van der Waals surface area contributed by atoms with Crippen LogP contribution in [0.4, 0.5) is 0 Å². The third-order valence-corrected chi connectivity index (χ3v) is 1.99. The Hall–Kier alpha value is -1.38. The summed E-state index contributed by atoms with van der Waals surface area (Å²) in [5.74, 6) is 4.19. The van der Waals surface area contributed by atoms with E-state index in [0.29, 0.717) is 18.7 Å². The normalized spacial score (nSPS) is 9.00. The molecule has 4 nitrogen and oxygen atoms in total. The second kappa shape index (κ2) is 4.60. The number of rotatable bonds is 2. The fraction of sp³-hybridized carbons (Fsp3) is 0.250. The maximum Gasteiger partial charge on any atom is 0.140 e. The molecule has 68 valence electrons. The molecule has 5 heteroatoms. The van der Waals surface area contributed by atoms with Gasteiger partial charge in [-0.3, -0.25) is 0 Å². The molecule has 1 heterocycles. The molecule has 0 aliphatic heterocycles. The molecule has 0 aliphatic rings. The standard InChI is InChI=1S/C8H8N2O2S/c9-4-2-1-3-6-5-13-7(10-6)8(11)12/h5H,2,4,9H2,(H,11,12)/p-1. The Kier molecular flexibility index (Phi) is 3.43. The topological polar surface area (TPSA) is 79.0 Å². The summed E-state index contributed by atoms with van der Waals surface area (Å²) >= 11 is 1.01. The third kappa shape index (κ3) is 2.86. The van der Waals surface area contributed by atoms with Gasteiger partial charge in [-0.2, -0.15) is 0 Å². The molecule has 2 N–H and O–H groups in total. The van der Waals surface area contributed by atoms with E-state index in [1.54, 1.807) is 5.38 Å². The Morgan fingerprint density at radius 1 is 1.77 bits per heavy atom. The second-order valence-electron chi connectivity index (χ2n) is 2.17. The monoisotopic (exact) mass is 195 g/mol. The number of nitrogens with zero attached hydrogens (tertiary/aromatic N) is 1. The van der Waals surface area contributed by atoms with E-state index in [1.165, 1.54) is 0 Å². The summed E-state index contributed by atoms with van der Waals surface area (Å²) in [6, 6.07) is 0. The van der Waals surface area contributed by atoms with E-state index in [-0.39, 0.29) is 5.01 Å². The lowest BCUT2D eigenvalue weighted by atomic mass is 10.4. The summed E-state index contributed by atoms with van der Waals surface area (Å²) < 4.78 is 0. The van der Waals surface area contributed by atoms with E-state index in [9.17, 15) is 9.90 Å². The maximum absolute atomic E-state index is 10.3. The van der Waals surface area contributed by atoms with Gasteiger partial charge in [0, 0.05) is 18.3 Å². The molecule has 0 aromatic carbocycles. The predicted molar refractivity (Wildman–Crippen MR) is 47.0 cm³/mol. The van der Waals surface area contributed by atoms with Crippen LogP contribution in [-0.4, -0.2) is 17.5 Å². The first-order chi connectivity index (χ1) is 6.24. The van der Waals surface area contributed by atoms with Crippen molar-refractivity contribution >= 4 is 17.3 Å². The molecular weight excluding hydrogens is 188 g/mol. The molecule has 1 aromatic heterocycles. The maximum atomic E-state index is 10.3. The van der Waals surface area contributed by atoms with Crippen molar-refractivity contribution in [2.45, 2.75) is 6.42 Å². The van der Waals surface area contributed by atoms with E-state index in [1.807, 2.05) is 0 Å². The molecule has 0 radical (unpaired) electrons. The molecular formula is C8H7N2O2S-. The van der Waals surface area contributed by atoms with E-state index in [0.717, 1.165) is 11.3 Å². The third-order valence-electron chi connectivity index (χ3n) is 1.16. The first-order valence-corrected chi connectivity index (χ1v) is 4.48. The van der Waals surface area contributed by atoms with E-state index in [4.69, 9.17) is 5.73 Å². The fourth-order valence-electron chi connectivity index (χ4n) is 0.650. The molecule has 0 aliphatic carbocycles. The smallest absolute Gasteiger partial charge is 0.140 e. The van der Waals surface area contributed by atoms with Crippen LogP contribution in [0.1, 0.15) is 21.9 Å². The summed E-state index contributed by atoms with van der Waals surface area (Å²) in [6.45, 7) is 0.491. The van der Waals surface area contributed by atoms with Gasteiger partial charge in [0.2, 0.25) is 0 Å². The van der Waals surface area contributed by atoms with Crippen molar-refractivity contribution < 1.29 is 9.90 Å². The zero-order valence-electron chi connectivity index (χ0n) is 6.74. The van der Waals surface area contributed by atoms with Crippen LogP contribution >= 0.6 is 11.3 Å². The first-order valence-electron chi connectivity index (χ1n) is 3.60. The van der Waals surface area contributed by atoms with Gasteiger partial charge in [-0.1, -0.05) is 5.92 Å². The summed E-state index contributed by atoms with van der Waals surface area (Å²) in [4.78, 5) is 14.0. The van der Waals surface area contributed by atoms with Gasteiger partial charge in [-0.25, -0.2) is 4.98 Å². The summed E-state index contributed by atoms with van der Waals surface area (Å²) in [6.07, 6.45) is 0.582. The molecule has 0 unspecified atom stereocenters. The lowest BCUT2D eigenvalue weighted by molar-refractivity contribution is -0.255. The summed E-state index contributed by atoms with van der Waals surface area (Å²) in [5, 5.41) is 11.8. The van der Waals surface area contributed by atoms with Gasteiger partial charge in [0.25, 0.3) is 0 Å². The number of nitrogens with two attached hydrogens (primary N) is 1. The SMILES string of the molecule is NCCC#Cc1csc(C(=O)[O-])n1. The minimum absolute atomic E-state index is 0.0444. The Morgan fingerprint density at radius 3 is 3.08 bits per heavy atom. The average Bonchev–Trinajstić information content (AvgIpc) is 2.53. The fourth-order valence-corrected chi connectivity index (χ4v) is 1.23. The van der Waals surface area contributed by atoms with Crippen molar-refractivity contribution in [2.24, 2.45) is 5.73 Å². The van der Waals surface area contributed by atoms with Crippen LogP contribution in [0.5, 0.6) is 0 Å². The largest absolute Gasteiger partial charge is 0.542 e. The molecule has 1 aromatic rings. The average molecular weight is 195 g/mol. The number of carbonyl (C=O) groups is 1. The van der Waals surface area contributed by atoms with Crippen molar-refractivity contribution in [3.05, 3.63) is 16.1 Å². The first kappa shape index (κ1) is 9.71. The Morgan fingerprint density at radius 2 is 2.54 bits per heavy atom. The molecule has 13 heavy (non-hydrogen) atoms. The minimum Gasteiger partial charge on any atom is -0.542 e. The number of thiazole rings is 1. The van der Waals surface area contributed by atoms with Crippen molar-refractivity contribution in [3.8, 4) is 11.8 Å². The van der Waals surface area contributed by atoms with Crippen LogP contribution in [0.25, 0.3) is 0 Å². The van der Waals surface area contributed by atoms with Crippen LogP contribution in [0.15, 0.2) is 5.38 Å². The van der Waals surface area contributed by atoms with Crippen molar-refractivity contribution in [3.63, 3.8) is 0 Å². The highest BCUT2D eigenvalue weighted by atomic mass is 32.1.